The Morgan fingerprint density at radius 2 is 1.91 bits per heavy atom. The average Bonchev–Trinajstić information content (AvgIpc) is 2.45. The van der Waals surface area contributed by atoms with Crippen LogP contribution in [0.1, 0.15) is 31.9 Å². The van der Waals surface area contributed by atoms with Crippen LogP contribution in [-0.4, -0.2) is 34.4 Å². The van der Waals surface area contributed by atoms with Crippen LogP contribution in [0, 0.1) is 0 Å². The van der Waals surface area contributed by atoms with Crippen LogP contribution in [0.5, 0.6) is 0 Å². The van der Waals surface area contributed by atoms with Crippen LogP contribution in [0.3, 0.4) is 0 Å². The second kappa shape index (κ2) is 7.47. The second-order valence-corrected chi connectivity index (χ2v) is 5.56. The van der Waals surface area contributed by atoms with Gasteiger partial charge in [-0.15, -0.1) is 0 Å². The fraction of sp³-hybridized carbons (Fsp3) is 0.467. The zero-order valence-electron chi connectivity index (χ0n) is 12.9. The van der Waals surface area contributed by atoms with Gasteiger partial charge in [-0.05, 0) is 37.0 Å². The summed E-state index contributed by atoms with van der Waals surface area (Å²) in [5, 5.41) is 24.0. The van der Waals surface area contributed by atoms with Gasteiger partial charge in [-0.2, -0.15) is 0 Å². The van der Waals surface area contributed by atoms with E-state index < -0.39 is 24.1 Å². The van der Waals surface area contributed by atoms with Gasteiger partial charge >= 0.3 is 12.0 Å². The number of amides is 2. The molecule has 1 aromatic rings. The largest absolute Gasteiger partial charge is 0.479 e. The highest BCUT2D eigenvalue weighted by Gasteiger charge is 2.30. The van der Waals surface area contributed by atoms with Crippen LogP contribution in [0.25, 0.3) is 0 Å². The molecule has 0 saturated carbocycles. The molecule has 0 spiro atoms. The van der Waals surface area contributed by atoms with Crippen molar-refractivity contribution >= 4 is 29.3 Å². The quantitative estimate of drug-likeness (QED) is 0.644. The molecule has 0 aliphatic rings. The van der Waals surface area contributed by atoms with Gasteiger partial charge in [0.05, 0.1) is 12.2 Å². The first-order valence-electron chi connectivity index (χ1n) is 7.03. The monoisotopic (exact) mass is 328 g/mol. The number of hydrogen-bond donors (Lipinski definition) is 4. The Kier molecular flexibility index (Phi) is 6.20. The standard InChI is InChI=1S/C15H21ClN2O4/c1-4-9-6-7-11(16)10(5-2)12(9)18-14(21)17-8-15(3,22)13(19)20/h6-7,22H,4-5,8H2,1-3H3,(H,19,20)(H2,17,18,21). The van der Waals surface area contributed by atoms with Crippen molar-refractivity contribution in [3.8, 4) is 0 Å². The molecule has 0 radical (unpaired) electrons. The molecule has 6 nitrogen and oxygen atoms in total. The molecule has 1 atom stereocenters. The highest BCUT2D eigenvalue weighted by atomic mass is 35.5. The third kappa shape index (κ3) is 4.35. The van der Waals surface area contributed by atoms with E-state index in [0.717, 1.165) is 18.1 Å². The maximum absolute atomic E-state index is 12.0. The minimum atomic E-state index is -2.02. The maximum Gasteiger partial charge on any atom is 0.337 e. The molecule has 1 aromatic carbocycles. The Balaban J connectivity index is 2.88. The summed E-state index contributed by atoms with van der Waals surface area (Å²) < 4.78 is 0. The second-order valence-electron chi connectivity index (χ2n) is 5.15. The predicted octanol–water partition coefficient (Wildman–Crippen LogP) is 2.42. The summed E-state index contributed by atoms with van der Waals surface area (Å²) in [6, 6.07) is 3.04. The van der Waals surface area contributed by atoms with Crippen LogP contribution in [0.15, 0.2) is 12.1 Å². The van der Waals surface area contributed by atoms with E-state index in [1.54, 1.807) is 6.07 Å². The molecule has 4 N–H and O–H groups in total. The molecule has 0 aromatic heterocycles. The minimum absolute atomic E-state index is 0.405. The minimum Gasteiger partial charge on any atom is -0.479 e. The fourth-order valence-electron chi connectivity index (χ4n) is 1.95. The zero-order chi connectivity index (χ0) is 16.9. The Labute approximate surface area is 134 Å². The van der Waals surface area contributed by atoms with Crippen molar-refractivity contribution in [3.05, 3.63) is 28.3 Å². The van der Waals surface area contributed by atoms with E-state index in [1.807, 2.05) is 19.9 Å². The number of carboxylic acid groups (broad SMARTS) is 1. The highest BCUT2D eigenvalue weighted by Crippen LogP contribution is 2.29. The van der Waals surface area contributed by atoms with Gasteiger partial charge in [-0.1, -0.05) is 31.5 Å². The average molecular weight is 329 g/mol. The molecular formula is C15H21ClN2O4. The van der Waals surface area contributed by atoms with Gasteiger partial charge in [-0.3, -0.25) is 0 Å². The van der Waals surface area contributed by atoms with Gasteiger partial charge in [0.25, 0.3) is 0 Å². The maximum atomic E-state index is 12.0. The van der Waals surface area contributed by atoms with Crippen LogP contribution < -0.4 is 10.6 Å². The lowest BCUT2D eigenvalue weighted by atomic mass is 10.0. The van der Waals surface area contributed by atoms with Gasteiger partial charge in [0, 0.05) is 5.02 Å². The third-order valence-electron chi connectivity index (χ3n) is 3.37. The van der Waals surface area contributed by atoms with Crippen molar-refractivity contribution in [2.24, 2.45) is 0 Å². The van der Waals surface area contributed by atoms with Crippen molar-refractivity contribution in [3.63, 3.8) is 0 Å². The summed E-state index contributed by atoms with van der Waals surface area (Å²) in [5.41, 5.74) is 0.361. The van der Waals surface area contributed by atoms with Crippen molar-refractivity contribution in [2.75, 3.05) is 11.9 Å². The molecule has 22 heavy (non-hydrogen) atoms. The first-order valence-corrected chi connectivity index (χ1v) is 7.41. The van der Waals surface area contributed by atoms with Crippen LogP contribution in [0.2, 0.25) is 5.02 Å². The fourth-order valence-corrected chi connectivity index (χ4v) is 2.24. The zero-order valence-corrected chi connectivity index (χ0v) is 13.6. The summed E-state index contributed by atoms with van der Waals surface area (Å²) in [6.45, 7) is 4.60. The molecule has 122 valence electrons. The first-order chi connectivity index (χ1) is 10.2. The third-order valence-corrected chi connectivity index (χ3v) is 3.72. The number of aliphatic carboxylic acids is 1. The number of aliphatic hydroxyl groups is 1. The Morgan fingerprint density at radius 1 is 1.27 bits per heavy atom. The summed E-state index contributed by atoms with van der Waals surface area (Å²) in [4.78, 5) is 22.8. The molecule has 1 unspecified atom stereocenters. The first kappa shape index (κ1) is 18.3. The van der Waals surface area contributed by atoms with E-state index in [2.05, 4.69) is 10.6 Å². The predicted molar refractivity (Wildman–Crippen MR) is 85.5 cm³/mol. The number of nitrogens with one attached hydrogen (secondary N) is 2. The number of benzene rings is 1. The Hall–Kier alpha value is -1.79. The van der Waals surface area contributed by atoms with Crippen LogP contribution in [-0.2, 0) is 17.6 Å². The summed E-state index contributed by atoms with van der Waals surface area (Å²) in [5.74, 6) is -1.40. The van der Waals surface area contributed by atoms with Crippen molar-refractivity contribution < 1.29 is 19.8 Å². The van der Waals surface area contributed by atoms with Crippen molar-refractivity contribution in [1.82, 2.24) is 5.32 Å². The highest BCUT2D eigenvalue weighted by molar-refractivity contribution is 6.31. The normalized spacial score (nSPS) is 13.3. The number of carbonyl (C=O) groups excluding carboxylic acids is 1. The van der Waals surface area contributed by atoms with Crippen molar-refractivity contribution in [2.45, 2.75) is 39.2 Å². The van der Waals surface area contributed by atoms with Gasteiger partial charge in [0.2, 0.25) is 0 Å². The van der Waals surface area contributed by atoms with E-state index in [1.165, 1.54) is 0 Å². The SMILES string of the molecule is CCc1ccc(Cl)c(CC)c1NC(=O)NCC(C)(O)C(=O)O. The molecule has 0 heterocycles. The lowest BCUT2D eigenvalue weighted by molar-refractivity contribution is -0.155. The molecule has 1 rings (SSSR count). The molecule has 0 bridgehead atoms. The molecular weight excluding hydrogens is 308 g/mol. The van der Waals surface area contributed by atoms with E-state index in [9.17, 15) is 14.7 Å². The van der Waals surface area contributed by atoms with Gasteiger partial charge in [0.1, 0.15) is 0 Å². The van der Waals surface area contributed by atoms with E-state index in [-0.39, 0.29) is 0 Å². The van der Waals surface area contributed by atoms with Crippen molar-refractivity contribution in [1.29, 1.82) is 0 Å². The van der Waals surface area contributed by atoms with Gasteiger partial charge in [0.15, 0.2) is 5.60 Å². The molecule has 0 aliphatic heterocycles. The molecule has 0 fully saturated rings. The van der Waals surface area contributed by atoms with E-state index in [0.29, 0.717) is 23.6 Å². The lowest BCUT2D eigenvalue weighted by Gasteiger charge is -2.20. The number of carbonyl (C=O) groups is 2. The van der Waals surface area contributed by atoms with Gasteiger partial charge < -0.3 is 20.8 Å². The van der Waals surface area contributed by atoms with E-state index in [4.69, 9.17) is 16.7 Å². The molecule has 0 aliphatic carbocycles. The summed E-state index contributed by atoms with van der Waals surface area (Å²) in [6.07, 6.45) is 1.36. The number of anilines is 1. The number of carboxylic acids is 1. The summed E-state index contributed by atoms with van der Waals surface area (Å²) in [7, 11) is 0. The molecule has 2 amide bonds. The number of rotatable bonds is 6. The lowest BCUT2D eigenvalue weighted by Crippen LogP contribution is -2.47. The molecule has 0 saturated heterocycles. The Morgan fingerprint density at radius 3 is 2.41 bits per heavy atom. The Bertz CT molecular complexity index is 573. The summed E-state index contributed by atoms with van der Waals surface area (Å²) >= 11 is 6.14. The van der Waals surface area contributed by atoms with Crippen LogP contribution in [0.4, 0.5) is 10.5 Å². The number of urea groups is 1. The molecule has 7 heteroatoms. The smallest absolute Gasteiger partial charge is 0.337 e. The number of halogens is 1. The topological polar surface area (TPSA) is 98.7 Å². The van der Waals surface area contributed by atoms with Crippen LogP contribution >= 0.6 is 11.6 Å². The number of hydrogen-bond acceptors (Lipinski definition) is 3. The van der Waals surface area contributed by atoms with Gasteiger partial charge in [-0.25, -0.2) is 9.59 Å². The van der Waals surface area contributed by atoms with E-state index >= 15 is 0 Å². The number of aryl methyl sites for hydroxylation is 1.